The predicted octanol–water partition coefficient (Wildman–Crippen LogP) is 3.47. The summed E-state index contributed by atoms with van der Waals surface area (Å²) in [4.78, 5) is 20.0. The smallest absolute Gasteiger partial charge is 0.273 e. The van der Waals surface area contributed by atoms with Crippen LogP contribution in [0.1, 0.15) is 79.7 Å². The molecule has 1 amide bonds. The summed E-state index contributed by atoms with van der Waals surface area (Å²) < 4.78 is 25.7. The Balaban J connectivity index is 1.41. The van der Waals surface area contributed by atoms with E-state index in [0.717, 1.165) is 37.2 Å². The number of likely N-dealkylation sites (tertiary alicyclic amines) is 1. The SMILES string of the molecule is CCS(=O)(=O)N1CCC(c2nc(C(=O)N3CCCC4CCCCC43)cs2)CC1. The van der Waals surface area contributed by atoms with Gasteiger partial charge in [-0.05, 0) is 51.4 Å². The molecule has 3 aliphatic rings. The van der Waals surface area contributed by atoms with Gasteiger partial charge in [-0.3, -0.25) is 4.79 Å². The molecule has 8 heteroatoms. The molecule has 3 fully saturated rings. The summed E-state index contributed by atoms with van der Waals surface area (Å²) in [6.45, 7) is 3.66. The highest BCUT2D eigenvalue weighted by molar-refractivity contribution is 7.89. The molecule has 4 rings (SSSR count). The highest BCUT2D eigenvalue weighted by Gasteiger charge is 2.37. The maximum Gasteiger partial charge on any atom is 0.273 e. The van der Waals surface area contributed by atoms with Gasteiger partial charge in [0, 0.05) is 37.0 Å². The van der Waals surface area contributed by atoms with Crippen molar-refractivity contribution in [1.29, 1.82) is 0 Å². The van der Waals surface area contributed by atoms with Gasteiger partial charge in [0.25, 0.3) is 5.91 Å². The molecule has 0 spiro atoms. The Labute approximate surface area is 172 Å². The summed E-state index contributed by atoms with van der Waals surface area (Å²) in [6.07, 6.45) is 8.87. The van der Waals surface area contributed by atoms with Crippen LogP contribution in [0.2, 0.25) is 0 Å². The minimum atomic E-state index is -3.11. The average Bonchev–Trinajstić information content (AvgIpc) is 3.23. The van der Waals surface area contributed by atoms with Crippen LogP contribution in [0.3, 0.4) is 0 Å². The molecule has 2 atom stereocenters. The summed E-state index contributed by atoms with van der Waals surface area (Å²) in [5.41, 5.74) is 0.592. The van der Waals surface area contributed by atoms with Crippen LogP contribution < -0.4 is 0 Å². The third-order valence-electron chi connectivity index (χ3n) is 6.81. The molecule has 2 unspecified atom stereocenters. The third kappa shape index (κ3) is 4.00. The Morgan fingerprint density at radius 1 is 1.11 bits per heavy atom. The molecule has 6 nitrogen and oxygen atoms in total. The molecule has 1 aromatic heterocycles. The summed E-state index contributed by atoms with van der Waals surface area (Å²) in [5.74, 6) is 1.20. The molecule has 2 saturated heterocycles. The first-order valence-corrected chi connectivity index (χ1v) is 13.2. The van der Waals surface area contributed by atoms with Crippen molar-refractivity contribution in [2.75, 3.05) is 25.4 Å². The number of piperidine rings is 2. The maximum atomic E-state index is 13.2. The van der Waals surface area contributed by atoms with E-state index >= 15 is 0 Å². The number of carbonyl (C=O) groups excluding carboxylic acids is 1. The van der Waals surface area contributed by atoms with Crippen molar-refractivity contribution < 1.29 is 13.2 Å². The number of aromatic nitrogens is 1. The zero-order valence-electron chi connectivity index (χ0n) is 16.7. The maximum absolute atomic E-state index is 13.2. The lowest BCUT2D eigenvalue weighted by Gasteiger charge is -2.43. The summed E-state index contributed by atoms with van der Waals surface area (Å²) in [5, 5.41) is 2.91. The van der Waals surface area contributed by atoms with Crippen LogP contribution in [0.25, 0.3) is 0 Å². The third-order valence-corrected chi connectivity index (χ3v) is 9.70. The van der Waals surface area contributed by atoms with Crippen LogP contribution in [-0.2, 0) is 10.0 Å². The van der Waals surface area contributed by atoms with Crippen molar-refractivity contribution in [1.82, 2.24) is 14.2 Å². The molecule has 0 N–H and O–H groups in total. The molecule has 0 aromatic carbocycles. The molecule has 0 radical (unpaired) electrons. The predicted molar refractivity (Wildman–Crippen MR) is 111 cm³/mol. The first kappa shape index (κ1) is 20.3. The largest absolute Gasteiger partial charge is 0.334 e. The standard InChI is InChI=1S/C20H31N3O3S2/c1-2-28(25,26)22-12-9-16(10-13-22)19-21-17(14-27-19)20(24)23-11-5-7-15-6-3-4-8-18(15)23/h14-16,18H,2-13H2,1H3. The second-order valence-electron chi connectivity index (χ2n) is 8.40. The molecule has 1 aliphatic carbocycles. The lowest BCUT2D eigenvalue weighted by atomic mass is 9.78. The number of thiazole rings is 1. The van der Waals surface area contributed by atoms with E-state index in [1.54, 1.807) is 22.6 Å². The van der Waals surface area contributed by atoms with Gasteiger partial charge >= 0.3 is 0 Å². The fourth-order valence-electron chi connectivity index (χ4n) is 5.16. The highest BCUT2D eigenvalue weighted by Crippen LogP contribution is 2.37. The van der Waals surface area contributed by atoms with E-state index in [9.17, 15) is 13.2 Å². The number of hydrogen-bond acceptors (Lipinski definition) is 5. The summed E-state index contributed by atoms with van der Waals surface area (Å²) in [6, 6.07) is 0.405. The number of amides is 1. The Morgan fingerprint density at radius 2 is 1.82 bits per heavy atom. The van der Waals surface area contributed by atoms with Gasteiger partial charge in [0.2, 0.25) is 10.0 Å². The van der Waals surface area contributed by atoms with E-state index < -0.39 is 10.0 Å². The lowest BCUT2D eigenvalue weighted by Crippen LogP contribution is -2.49. The molecule has 156 valence electrons. The monoisotopic (exact) mass is 425 g/mol. The van der Waals surface area contributed by atoms with Crippen molar-refractivity contribution >= 4 is 27.3 Å². The number of fused-ring (bicyclic) bond motifs is 1. The Bertz CT molecular complexity index is 797. The number of sulfonamides is 1. The van der Waals surface area contributed by atoms with E-state index in [1.807, 2.05) is 5.38 Å². The van der Waals surface area contributed by atoms with Crippen LogP contribution in [0.5, 0.6) is 0 Å². The Hall–Kier alpha value is -0.990. The Morgan fingerprint density at radius 3 is 2.57 bits per heavy atom. The quantitative estimate of drug-likeness (QED) is 0.741. The minimum absolute atomic E-state index is 0.102. The van der Waals surface area contributed by atoms with Crippen molar-refractivity contribution in [3.05, 3.63) is 16.1 Å². The van der Waals surface area contributed by atoms with E-state index in [1.165, 1.54) is 25.7 Å². The molecule has 0 bridgehead atoms. The molecule has 3 heterocycles. The van der Waals surface area contributed by atoms with Crippen LogP contribution in [-0.4, -0.2) is 59.9 Å². The summed E-state index contributed by atoms with van der Waals surface area (Å²) in [7, 11) is -3.11. The first-order valence-electron chi connectivity index (χ1n) is 10.7. The van der Waals surface area contributed by atoms with Gasteiger partial charge in [0.15, 0.2) is 0 Å². The molecule has 1 aromatic rings. The van der Waals surface area contributed by atoms with Crippen LogP contribution in [0.4, 0.5) is 0 Å². The number of rotatable bonds is 4. The van der Waals surface area contributed by atoms with Gasteiger partial charge in [-0.15, -0.1) is 11.3 Å². The van der Waals surface area contributed by atoms with E-state index in [4.69, 9.17) is 4.98 Å². The normalized spacial score (nSPS) is 27.5. The molecule has 28 heavy (non-hydrogen) atoms. The van der Waals surface area contributed by atoms with Crippen LogP contribution in [0, 0.1) is 5.92 Å². The fourth-order valence-corrected chi connectivity index (χ4v) is 7.26. The van der Waals surface area contributed by atoms with Crippen LogP contribution >= 0.6 is 11.3 Å². The van der Waals surface area contributed by atoms with Gasteiger partial charge in [-0.1, -0.05) is 12.8 Å². The topological polar surface area (TPSA) is 70.6 Å². The summed E-state index contributed by atoms with van der Waals surface area (Å²) >= 11 is 1.57. The van der Waals surface area contributed by atoms with Crippen LogP contribution in [0.15, 0.2) is 5.38 Å². The van der Waals surface area contributed by atoms with Crippen molar-refractivity contribution in [3.63, 3.8) is 0 Å². The average molecular weight is 426 g/mol. The van der Waals surface area contributed by atoms with Gasteiger partial charge in [0.1, 0.15) is 5.69 Å². The van der Waals surface area contributed by atoms with E-state index in [2.05, 4.69) is 4.90 Å². The molecular formula is C20H31N3O3S2. The molecule has 2 aliphatic heterocycles. The molecule has 1 saturated carbocycles. The van der Waals surface area contributed by atoms with Crippen molar-refractivity contribution in [3.8, 4) is 0 Å². The van der Waals surface area contributed by atoms with E-state index in [-0.39, 0.29) is 17.6 Å². The van der Waals surface area contributed by atoms with Gasteiger partial charge in [0.05, 0.1) is 10.8 Å². The molecular weight excluding hydrogens is 394 g/mol. The number of nitrogens with zero attached hydrogens (tertiary/aromatic N) is 3. The zero-order valence-corrected chi connectivity index (χ0v) is 18.3. The highest BCUT2D eigenvalue weighted by atomic mass is 32.2. The Kier molecular flexibility index (Phi) is 6.09. The fraction of sp³-hybridized carbons (Fsp3) is 0.800. The van der Waals surface area contributed by atoms with Crippen molar-refractivity contribution in [2.45, 2.75) is 70.3 Å². The first-order chi connectivity index (χ1) is 13.5. The van der Waals surface area contributed by atoms with E-state index in [0.29, 0.717) is 30.7 Å². The zero-order chi connectivity index (χ0) is 19.7. The number of hydrogen-bond donors (Lipinski definition) is 0. The van der Waals surface area contributed by atoms with Crippen molar-refractivity contribution in [2.24, 2.45) is 5.92 Å². The van der Waals surface area contributed by atoms with Gasteiger partial charge < -0.3 is 4.90 Å². The minimum Gasteiger partial charge on any atom is -0.334 e. The second kappa shape index (κ2) is 8.40. The van der Waals surface area contributed by atoms with Gasteiger partial charge in [-0.2, -0.15) is 0 Å². The lowest BCUT2D eigenvalue weighted by molar-refractivity contribution is 0.0386. The second-order valence-corrected chi connectivity index (χ2v) is 11.5. The van der Waals surface area contributed by atoms with Gasteiger partial charge in [-0.25, -0.2) is 17.7 Å². The number of carbonyl (C=O) groups is 1.